The third kappa shape index (κ3) is 6.75. The molecule has 1 atom stereocenters. The summed E-state index contributed by atoms with van der Waals surface area (Å²) in [5, 5.41) is 9.84. The summed E-state index contributed by atoms with van der Waals surface area (Å²) in [6.45, 7) is 12.2. The lowest BCUT2D eigenvalue weighted by Crippen LogP contribution is -2.41. The van der Waals surface area contributed by atoms with Crippen molar-refractivity contribution >= 4 is 52.1 Å². The van der Waals surface area contributed by atoms with E-state index in [1.54, 1.807) is 29.4 Å². The monoisotopic (exact) mass is 572 g/mol. The van der Waals surface area contributed by atoms with Gasteiger partial charge in [0.1, 0.15) is 21.8 Å². The Morgan fingerprint density at radius 3 is 2.49 bits per heavy atom. The fourth-order valence-electron chi connectivity index (χ4n) is 5.33. The predicted octanol–water partition coefficient (Wildman–Crippen LogP) is 5.25. The van der Waals surface area contributed by atoms with Gasteiger partial charge in [-0.1, -0.05) is 57.1 Å². The summed E-state index contributed by atoms with van der Waals surface area (Å²) in [4.78, 5) is 43.5. The predicted molar refractivity (Wildman–Crippen MR) is 161 cm³/mol. The molecule has 0 aromatic carbocycles. The molecule has 10 heteroatoms. The quantitative estimate of drug-likeness (QED) is 0.202. The van der Waals surface area contributed by atoms with Crippen molar-refractivity contribution in [3.8, 4) is 6.07 Å². The molecule has 0 aliphatic carbocycles. The fourth-order valence-corrected chi connectivity index (χ4v) is 6.59. The summed E-state index contributed by atoms with van der Waals surface area (Å²) in [5.41, 5.74) is 0.969. The molecule has 1 amide bonds. The summed E-state index contributed by atoms with van der Waals surface area (Å²) in [6, 6.07) is 2.08. The Morgan fingerprint density at radius 1 is 1.23 bits per heavy atom. The second-order valence-electron chi connectivity index (χ2n) is 10.1. The van der Waals surface area contributed by atoms with Crippen LogP contribution in [0.25, 0.3) is 6.08 Å². The van der Waals surface area contributed by atoms with Gasteiger partial charge in [0.25, 0.3) is 11.5 Å². The Morgan fingerprint density at radius 2 is 1.92 bits per heavy atom. The van der Waals surface area contributed by atoms with E-state index < -0.39 is 0 Å². The van der Waals surface area contributed by atoms with E-state index in [0.29, 0.717) is 77.7 Å². The Bertz CT molecular complexity index is 1230. The summed E-state index contributed by atoms with van der Waals surface area (Å²) in [7, 11) is 0. The molecule has 0 spiro atoms. The molecule has 2 aliphatic rings. The maximum Gasteiger partial charge on any atom is 0.309 e. The third-order valence-corrected chi connectivity index (χ3v) is 9.09. The van der Waals surface area contributed by atoms with E-state index >= 15 is 0 Å². The van der Waals surface area contributed by atoms with Crippen LogP contribution in [0.4, 0.5) is 5.82 Å². The van der Waals surface area contributed by atoms with Gasteiger partial charge in [-0.05, 0) is 57.6 Å². The highest BCUT2D eigenvalue weighted by Gasteiger charge is 2.35. The van der Waals surface area contributed by atoms with E-state index in [1.807, 2.05) is 6.92 Å². The molecule has 3 heterocycles. The molecule has 1 unspecified atom stereocenters. The number of carbonyl (C=O) groups is 2. The second kappa shape index (κ2) is 14.1. The summed E-state index contributed by atoms with van der Waals surface area (Å²) in [5.74, 6) is 0.577. The van der Waals surface area contributed by atoms with Gasteiger partial charge in [0.05, 0.1) is 17.4 Å². The first-order valence-corrected chi connectivity index (χ1v) is 15.3. The number of carbonyl (C=O) groups excluding carboxylic acids is 2. The van der Waals surface area contributed by atoms with Gasteiger partial charge in [-0.3, -0.25) is 23.9 Å². The second-order valence-corrected chi connectivity index (χ2v) is 11.8. The number of nitrogens with zero attached hydrogens (tertiary/aromatic N) is 4. The van der Waals surface area contributed by atoms with Gasteiger partial charge in [0.15, 0.2) is 0 Å². The lowest BCUT2D eigenvalue weighted by atomic mass is 9.95. The molecule has 39 heavy (non-hydrogen) atoms. The Kier molecular flexibility index (Phi) is 11.2. The van der Waals surface area contributed by atoms with Crippen molar-refractivity contribution in [3.63, 3.8) is 0 Å². The summed E-state index contributed by atoms with van der Waals surface area (Å²) >= 11 is 6.90. The highest BCUT2D eigenvalue weighted by molar-refractivity contribution is 8.26. The first kappa shape index (κ1) is 30.9. The highest BCUT2D eigenvalue weighted by atomic mass is 32.2. The lowest BCUT2D eigenvalue weighted by Gasteiger charge is -2.35. The number of rotatable bonds is 11. The molecule has 2 aliphatic heterocycles. The van der Waals surface area contributed by atoms with Gasteiger partial charge in [-0.25, -0.2) is 0 Å². The Hall–Kier alpha value is -2.64. The van der Waals surface area contributed by atoms with Crippen LogP contribution in [0, 0.1) is 30.1 Å². The summed E-state index contributed by atoms with van der Waals surface area (Å²) in [6.07, 6.45) is 7.29. The normalized spacial score (nSPS) is 18.1. The first-order chi connectivity index (χ1) is 18.7. The number of esters is 1. The zero-order chi connectivity index (χ0) is 28.7. The number of ether oxygens (including phenoxy) is 1. The number of hydrogen-bond acceptors (Lipinski definition) is 8. The maximum absolute atomic E-state index is 13.6. The minimum atomic E-state index is -0.341. The third-order valence-electron chi connectivity index (χ3n) is 7.71. The molecule has 0 radical (unpaired) electrons. The van der Waals surface area contributed by atoms with Crippen LogP contribution in [0.15, 0.2) is 9.70 Å². The van der Waals surface area contributed by atoms with E-state index in [-0.39, 0.29) is 28.9 Å². The number of piperidine rings is 1. The summed E-state index contributed by atoms with van der Waals surface area (Å²) < 4.78 is 7.38. The number of thiocarbonyl (C=S) groups is 1. The average molecular weight is 573 g/mol. The van der Waals surface area contributed by atoms with Crippen LogP contribution in [0.5, 0.6) is 0 Å². The largest absolute Gasteiger partial charge is 0.466 e. The van der Waals surface area contributed by atoms with Crippen molar-refractivity contribution in [1.29, 1.82) is 5.26 Å². The minimum absolute atomic E-state index is 0.0781. The van der Waals surface area contributed by atoms with Crippen molar-refractivity contribution in [3.05, 3.63) is 31.9 Å². The molecule has 0 saturated carbocycles. The van der Waals surface area contributed by atoms with Crippen LogP contribution in [0.2, 0.25) is 0 Å². The average Bonchev–Trinajstić information content (AvgIpc) is 3.19. The van der Waals surface area contributed by atoms with Crippen LogP contribution in [-0.4, -0.2) is 51.9 Å². The van der Waals surface area contributed by atoms with E-state index in [2.05, 4.69) is 24.8 Å². The van der Waals surface area contributed by atoms with Crippen molar-refractivity contribution in [1.82, 2.24) is 9.47 Å². The number of anilines is 1. The van der Waals surface area contributed by atoms with Crippen molar-refractivity contribution in [2.45, 2.75) is 79.7 Å². The Labute approximate surface area is 241 Å². The minimum Gasteiger partial charge on any atom is -0.466 e. The standard InChI is InChI=1S/C29H40N4O4S2/c1-6-10-11-20(7-2)18-33-27(35)24(39-29(33)38)16-22-19(5)23(17-30)26(34)32(8-3)25(22)31-14-12-21(13-15-31)28(36)37-9-4/h16,20-21H,6-15,18H2,1-5H3. The molecule has 0 bridgehead atoms. The molecule has 3 rings (SSSR count). The SMILES string of the molecule is CCCCC(CC)CN1C(=O)C(=Cc2c(C)c(C#N)c(=O)n(CC)c2N2CCC(C(=O)OCC)CC2)SC1=S. The van der Waals surface area contributed by atoms with Crippen LogP contribution in [0.1, 0.15) is 82.9 Å². The topological polar surface area (TPSA) is 95.6 Å². The highest BCUT2D eigenvalue weighted by Crippen LogP contribution is 2.37. The van der Waals surface area contributed by atoms with Crippen molar-refractivity contribution in [2.75, 3.05) is 31.1 Å². The van der Waals surface area contributed by atoms with Gasteiger partial charge in [0.2, 0.25) is 0 Å². The van der Waals surface area contributed by atoms with Gasteiger partial charge in [-0.2, -0.15) is 5.26 Å². The lowest BCUT2D eigenvalue weighted by molar-refractivity contribution is -0.148. The molecule has 0 N–H and O–H groups in total. The maximum atomic E-state index is 13.6. The van der Waals surface area contributed by atoms with Crippen LogP contribution >= 0.6 is 24.0 Å². The van der Waals surface area contributed by atoms with E-state index in [0.717, 1.165) is 25.7 Å². The molecule has 212 valence electrons. The number of hydrogen-bond donors (Lipinski definition) is 0. The Balaban J connectivity index is 2.02. The number of unbranched alkanes of at least 4 members (excludes halogenated alkanes) is 1. The molecule has 8 nitrogen and oxygen atoms in total. The zero-order valence-electron chi connectivity index (χ0n) is 23.7. The van der Waals surface area contributed by atoms with E-state index in [4.69, 9.17) is 17.0 Å². The number of thioether (sulfide) groups is 1. The molecular weight excluding hydrogens is 532 g/mol. The van der Waals surface area contributed by atoms with Crippen molar-refractivity contribution < 1.29 is 14.3 Å². The molecule has 1 aromatic rings. The number of pyridine rings is 1. The number of nitriles is 1. The number of aromatic nitrogens is 1. The molecule has 2 saturated heterocycles. The zero-order valence-corrected chi connectivity index (χ0v) is 25.4. The smallest absolute Gasteiger partial charge is 0.309 e. The fraction of sp³-hybridized carbons (Fsp3) is 0.621. The van der Waals surface area contributed by atoms with Crippen LogP contribution in [-0.2, 0) is 20.9 Å². The van der Waals surface area contributed by atoms with Crippen molar-refractivity contribution in [2.24, 2.45) is 11.8 Å². The van der Waals surface area contributed by atoms with Gasteiger partial charge in [0, 0.05) is 31.7 Å². The van der Waals surface area contributed by atoms with Gasteiger partial charge < -0.3 is 9.64 Å². The number of amides is 1. The van der Waals surface area contributed by atoms with Gasteiger partial charge in [-0.15, -0.1) is 0 Å². The van der Waals surface area contributed by atoms with Crippen LogP contribution in [0.3, 0.4) is 0 Å². The van der Waals surface area contributed by atoms with E-state index in [9.17, 15) is 19.6 Å². The first-order valence-electron chi connectivity index (χ1n) is 14.1. The molecule has 2 fully saturated rings. The van der Waals surface area contributed by atoms with Gasteiger partial charge >= 0.3 is 5.97 Å². The molecular formula is C29H40N4O4S2. The van der Waals surface area contributed by atoms with E-state index in [1.165, 1.54) is 11.8 Å². The van der Waals surface area contributed by atoms with Crippen LogP contribution < -0.4 is 10.5 Å². The molecule has 1 aromatic heterocycles.